The van der Waals surface area contributed by atoms with Crippen molar-refractivity contribution in [3.05, 3.63) is 64.7 Å². The van der Waals surface area contributed by atoms with Crippen molar-refractivity contribution in [3.63, 3.8) is 0 Å². The third-order valence-corrected chi connectivity index (χ3v) is 11.9. The molecule has 0 aromatic heterocycles. The van der Waals surface area contributed by atoms with Gasteiger partial charge in [-0.1, -0.05) is 29.8 Å². The zero-order valence-electron chi connectivity index (χ0n) is 27.7. The first kappa shape index (κ1) is 34.7. The molecule has 3 aliphatic heterocycles. The van der Waals surface area contributed by atoms with Crippen LogP contribution in [0.1, 0.15) is 50.7 Å². The lowest BCUT2D eigenvalue weighted by atomic mass is 9.70. The minimum atomic E-state index is -3.86. The second-order valence-electron chi connectivity index (χ2n) is 13.6. The Morgan fingerprint density at radius 1 is 1.12 bits per heavy atom. The van der Waals surface area contributed by atoms with E-state index in [0.29, 0.717) is 35.5 Å². The SMILES string of the molecule is CO[C@H]1/C=C/COC(C)(C)C(=O)N=[S@](=O)(NC(=O)N2CC(O)C2)c2ccc3c(c2)N(CCCCc2cc(Cl)ccc2CO3)C[C@@H]2CC[C@H]21. The molecule has 1 saturated carbocycles. The van der Waals surface area contributed by atoms with Gasteiger partial charge in [0, 0.05) is 25.2 Å². The molecule has 260 valence electrons. The minimum absolute atomic E-state index is 0.0970. The number of methoxy groups -OCH3 is 1. The number of rotatable bonds is 2. The number of aryl methyl sites for hydroxylation is 1. The summed E-state index contributed by atoms with van der Waals surface area (Å²) in [6.45, 7) is 5.19. The summed E-state index contributed by atoms with van der Waals surface area (Å²) in [5.41, 5.74) is 1.47. The van der Waals surface area contributed by atoms with Crippen LogP contribution in [0.4, 0.5) is 10.5 Å². The van der Waals surface area contributed by atoms with Crippen LogP contribution in [0.15, 0.2) is 57.8 Å². The summed E-state index contributed by atoms with van der Waals surface area (Å²) in [7, 11) is -2.14. The van der Waals surface area contributed by atoms with E-state index < -0.39 is 33.6 Å². The third kappa shape index (κ3) is 7.52. The van der Waals surface area contributed by atoms with E-state index in [-0.39, 0.29) is 36.6 Å². The molecule has 2 fully saturated rings. The highest BCUT2D eigenvalue weighted by molar-refractivity contribution is 7.92. The lowest BCUT2D eigenvalue weighted by Crippen LogP contribution is -2.57. The Balaban J connectivity index is 1.46. The van der Waals surface area contributed by atoms with E-state index in [0.717, 1.165) is 49.8 Å². The number of likely N-dealkylation sites (tertiary alicyclic amines) is 1. The van der Waals surface area contributed by atoms with Crippen LogP contribution in [0.25, 0.3) is 0 Å². The number of β-amino-alcohol motifs (C(OH)–C–C–N with tert-alkyl or cyclic N) is 1. The number of hydrogen-bond acceptors (Lipinski definition) is 8. The smallest absolute Gasteiger partial charge is 0.330 e. The molecule has 48 heavy (non-hydrogen) atoms. The first-order valence-electron chi connectivity index (χ1n) is 16.6. The maximum Gasteiger partial charge on any atom is 0.330 e. The number of benzene rings is 2. The third-order valence-electron chi connectivity index (χ3n) is 9.86. The molecule has 2 bridgehead atoms. The molecular formula is C35H45ClN4O7S. The number of aliphatic hydroxyl groups excluding tert-OH is 1. The summed E-state index contributed by atoms with van der Waals surface area (Å²) in [5.74, 6) is 0.432. The molecule has 6 rings (SSSR count). The van der Waals surface area contributed by atoms with Gasteiger partial charge < -0.3 is 29.1 Å². The van der Waals surface area contributed by atoms with Crippen molar-refractivity contribution in [1.82, 2.24) is 9.62 Å². The molecule has 2 aromatic carbocycles. The lowest BCUT2D eigenvalue weighted by molar-refractivity contribution is -0.137. The van der Waals surface area contributed by atoms with Gasteiger partial charge >= 0.3 is 6.03 Å². The topological polar surface area (TPSA) is 130 Å². The predicted octanol–water partition coefficient (Wildman–Crippen LogP) is 5.12. The van der Waals surface area contributed by atoms with Crippen molar-refractivity contribution < 1.29 is 33.1 Å². The van der Waals surface area contributed by atoms with Crippen LogP contribution in [0.3, 0.4) is 0 Å². The fourth-order valence-electron chi connectivity index (χ4n) is 6.70. The predicted molar refractivity (Wildman–Crippen MR) is 184 cm³/mol. The van der Waals surface area contributed by atoms with E-state index in [1.54, 1.807) is 39.2 Å². The number of urea groups is 1. The largest absolute Gasteiger partial charge is 0.487 e. The Labute approximate surface area is 287 Å². The summed E-state index contributed by atoms with van der Waals surface area (Å²) in [4.78, 5) is 30.7. The molecule has 1 saturated heterocycles. The highest BCUT2D eigenvalue weighted by atomic mass is 35.5. The van der Waals surface area contributed by atoms with E-state index >= 15 is 0 Å². The number of nitrogens with one attached hydrogen (secondary N) is 1. The molecule has 13 heteroatoms. The normalized spacial score (nSPS) is 28.6. The number of nitrogens with zero attached hydrogens (tertiary/aromatic N) is 3. The fraction of sp³-hybridized carbons (Fsp3) is 0.543. The number of anilines is 1. The molecule has 0 spiro atoms. The quantitative estimate of drug-likeness (QED) is 0.413. The highest BCUT2D eigenvalue weighted by Crippen LogP contribution is 2.42. The Kier molecular flexibility index (Phi) is 10.4. The Bertz CT molecular complexity index is 1680. The van der Waals surface area contributed by atoms with Gasteiger partial charge in [0.05, 0.1) is 42.5 Å². The van der Waals surface area contributed by atoms with E-state index in [1.165, 1.54) is 4.90 Å². The zero-order valence-corrected chi connectivity index (χ0v) is 29.3. The molecule has 4 atom stereocenters. The number of carbonyl (C=O) groups excluding carboxylic acids is 2. The molecular weight excluding hydrogens is 656 g/mol. The van der Waals surface area contributed by atoms with E-state index in [4.69, 9.17) is 25.8 Å². The lowest BCUT2D eigenvalue weighted by Gasteiger charge is -2.43. The fourth-order valence-corrected chi connectivity index (χ4v) is 8.50. The number of amides is 3. The van der Waals surface area contributed by atoms with Gasteiger partial charge in [-0.3, -0.25) is 4.79 Å². The second-order valence-corrected chi connectivity index (χ2v) is 15.9. The Morgan fingerprint density at radius 2 is 1.94 bits per heavy atom. The average Bonchev–Trinajstić information content (AvgIpc) is 3.05. The molecule has 0 radical (unpaired) electrons. The first-order valence-corrected chi connectivity index (χ1v) is 18.5. The van der Waals surface area contributed by atoms with Gasteiger partial charge in [-0.15, -0.1) is 4.36 Å². The van der Waals surface area contributed by atoms with Gasteiger partial charge in [-0.2, -0.15) is 0 Å². The number of halogens is 1. The van der Waals surface area contributed by atoms with Crippen molar-refractivity contribution >= 4 is 39.1 Å². The zero-order chi connectivity index (χ0) is 34.1. The maximum absolute atomic E-state index is 14.8. The summed E-state index contributed by atoms with van der Waals surface area (Å²) in [6, 6.07) is 10.3. The number of carbonyl (C=O) groups is 2. The minimum Gasteiger partial charge on any atom is -0.487 e. The first-order chi connectivity index (χ1) is 23.0. The molecule has 3 heterocycles. The molecule has 0 unspecified atom stereocenters. The van der Waals surface area contributed by atoms with E-state index in [1.807, 2.05) is 30.4 Å². The number of hydrogen-bond donors (Lipinski definition) is 2. The van der Waals surface area contributed by atoms with Crippen LogP contribution in [0, 0.1) is 11.8 Å². The van der Waals surface area contributed by atoms with Crippen LogP contribution in [0.5, 0.6) is 5.75 Å². The van der Waals surface area contributed by atoms with Gasteiger partial charge in [0.2, 0.25) is 0 Å². The van der Waals surface area contributed by atoms with Gasteiger partial charge in [0.15, 0.2) is 9.92 Å². The van der Waals surface area contributed by atoms with Crippen molar-refractivity contribution in [2.45, 2.75) is 75.3 Å². The molecule has 2 aromatic rings. The van der Waals surface area contributed by atoms with Crippen molar-refractivity contribution in [2.75, 3.05) is 44.8 Å². The molecule has 4 aliphatic rings. The number of ether oxygens (including phenoxy) is 3. The van der Waals surface area contributed by atoms with Gasteiger partial charge in [0.25, 0.3) is 5.91 Å². The molecule has 11 nitrogen and oxygen atoms in total. The highest BCUT2D eigenvalue weighted by Gasteiger charge is 2.39. The number of fused-ring (bicyclic) bond motifs is 3. The van der Waals surface area contributed by atoms with Crippen LogP contribution < -0.4 is 14.4 Å². The molecule has 1 aliphatic carbocycles. The van der Waals surface area contributed by atoms with Crippen LogP contribution in [-0.2, 0) is 37.2 Å². The van der Waals surface area contributed by atoms with Crippen LogP contribution in [0.2, 0.25) is 5.02 Å². The second kappa shape index (κ2) is 14.4. The van der Waals surface area contributed by atoms with Crippen molar-refractivity contribution in [3.8, 4) is 5.75 Å². The van der Waals surface area contributed by atoms with Gasteiger partial charge in [-0.25, -0.2) is 13.7 Å². The summed E-state index contributed by atoms with van der Waals surface area (Å²) in [6.07, 6.45) is 7.83. The van der Waals surface area contributed by atoms with Crippen molar-refractivity contribution in [1.29, 1.82) is 0 Å². The van der Waals surface area contributed by atoms with Crippen molar-refractivity contribution in [2.24, 2.45) is 16.2 Å². The average molecular weight is 701 g/mol. The summed E-state index contributed by atoms with van der Waals surface area (Å²) in [5, 5.41) is 10.5. The summed E-state index contributed by atoms with van der Waals surface area (Å²) >= 11 is 6.36. The standard InChI is InChI=1S/C35H45ClN4O7S/c1-35(2)33(42)37-48(44,38-34(43)40-20-27(41)21-40)28-12-14-32-30(18-28)39(19-24-10-13-29(24)31(45-3)8-6-16-47-35)15-5-4-7-23-17-26(36)11-9-25(23)22-46-32/h6,8-9,11-12,14,17-18,24,27,29,31,41H,4-5,7,10,13,15-16,19-22H2,1-3H3,(H,37,38,42,43,44)/b8-6+/t24-,29+,31-,48-/m0/s1. The Hall–Kier alpha value is -3.16. The monoisotopic (exact) mass is 700 g/mol. The van der Waals surface area contributed by atoms with Gasteiger partial charge in [0.1, 0.15) is 18.0 Å². The Morgan fingerprint density at radius 3 is 2.67 bits per heavy atom. The summed E-state index contributed by atoms with van der Waals surface area (Å²) < 4.78 is 39.9. The van der Waals surface area contributed by atoms with Crippen LogP contribution in [-0.4, -0.2) is 83.9 Å². The maximum atomic E-state index is 14.8. The van der Waals surface area contributed by atoms with E-state index in [2.05, 4.69) is 14.0 Å². The number of aliphatic hydroxyl groups is 1. The van der Waals surface area contributed by atoms with E-state index in [9.17, 15) is 18.9 Å². The molecule has 3 amide bonds. The van der Waals surface area contributed by atoms with Gasteiger partial charge in [-0.05, 0) is 99.2 Å². The molecule has 2 N–H and O–H groups in total. The van der Waals surface area contributed by atoms with Crippen LogP contribution >= 0.6 is 11.6 Å².